The molecule has 2 saturated heterocycles. The number of benzene rings is 2. The molecule has 0 saturated carbocycles. The molecule has 2 fully saturated rings. The van der Waals surface area contributed by atoms with Gasteiger partial charge in [0.05, 0.1) is 6.54 Å². The van der Waals surface area contributed by atoms with E-state index in [1.54, 1.807) is 17.0 Å². The summed E-state index contributed by atoms with van der Waals surface area (Å²) >= 11 is 1.82. The maximum atomic E-state index is 13.0. The van der Waals surface area contributed by atoms with Gasteiger partial charge in [-0.1, -0.05) is 42.3 Å². The Morgan fingerprint density at radius 1 is 1.00 bits per heavy atom. The van der Waals surface area contributed by atoms with Crippen LogP contribution in [0.2, 0.25) is 0 Å². The molecule has 3 aliphatic rings. The van der Waals surface area contributed by atoms with E-state index < -0.39 is 11.9 Å². The van der Waals surface area contributed by atoms with Crippen molar-refractivity contribution in [1.82, 2.24) is 19.4 Å². The van der Waals surface area contributed by atoms with E-state index in [9.17, 15) is 14.4 Å². The summed E-state index contributed by atoms with van der Waals surface area (Å²) in [5, 5.41) is 2.34. The number of ether oxygens (including phenoxy) is 1. The number of imide groups is 1. The molecule has 9 heteroatoms. The van der Waals surface area contributed by atoms with E-state index in [4.69, 9.17) is 4.74 Å². The van der Waals surface area contributed by atoms with E-state index in [0.29, 0.717) is 30.9 Å². The Kier molecular flexibility index (Phi) is 7.08. The molecule has 35 heavy (non-hydrogen) atoms. The van der Waals surface area contributed by atoms with Gasteiger partial charge in [-0.15, -0.1) is 0 Å². The highest BCUT2D eigenvalue weighted by Gasteiger charge is 2.40. The summed E-state index contributed by atoms with van der Waals surface area (Å²) in [6.45, 7) is 6.01. The van der Waals surface area contributed by atoms with Gasteiger partial charge in [-0.3, -0.25) is 24.6 Å². The van der Waals surface area contributed by atoms with Gasteiger partial charge in [0.2, 0.25) is 11.8 Å². The fourth-order valence-electron chi connectivity index (χ4n) is 4.92. The van der Waals surface area contributed by atoms with Crippen LogP contribution in [0.5, 0.6) is 5.75 Å². The molecule has 0 spiro atoms. The molecule has 184 valence electrons. The first-order valence-corrected chi connectivity index (χ1v) is 13.2. The van der Waals surface area contributed by atoms with E-state index in [1.165, 1.54) is 5.56 Å². The van der Waals surface area contributed by atoms with Crippen molar-refractivity contribution in [3.63, 3.8) is 0 Å². The van der Waals surface area contributed by atoms with Crippen LogP contribution in [0.3, 0.4) is 0 Å². The molecule has 2 aromatic rings. The first-order valence-electron chi connectivity index (χ1n) is 12.0. The predicted molar refractivity (Wildman–Crippen MR) is 134 cm³/mol. The van der Waals surface area contributed by atoms with Gasteiger partial charge in [0.1, 0.15) is 18.4 Å². The predicted octanol–water partition coefficient (Wildman–Crippen LogP) is 2.42. The lowest BCUT2D eigenvalue weighted by atomic mass is 10.0. The van der Waals surface area contributed by atoms with Gasteiger partial charge in [-0.25, -0.2) is 4.31 Å². The molecule has 0 unspecified atom stereocenters. The Morgan fingerprint density at radius 2 is 1.74 bits per heavy atom. The lowest BCUT2D eigenvalue weighted by Crippen LogP contribution is -2.52. The molecule has 8 nitrogen and oxygen atoms in total. The number of fused-ring (bicyclic) bond motifs is 1. The molecular formula is C26H30N4O4S. The van der Waals surface area contributed by atoms with Crippen molar-refractivity contribution in [3.05, 3.63) is 64.7 Å². The first kappa shape index (κ1) is 23.8. The second kappa shape index (κ2) is 10.4. The monoisotopic (exact) mass is 494 g/mol. The fraction of sp³-hybridized carbons (Fsp3) is 0.423. The summed E-state index contributed by atoms with van der Waals surface area (Å²) < 4.78 is 8.52. The van der Waals surface area contributed by atoms with E-state index in [1.807, 2.05) is 18.0 Å². The second-order valence-corrected chi connectivity index (χ2v) is 10.1. The van der Waals surface area contributed by atoms with E-state index in [0.717, 1.165) is 43.9 Å². The minimum atomic E-state index is -0.628. The van der Waals surface area contributed by atoms with Crippen molar-refractivity contribution >= 4 is 29.7 Å². The lowest BCUT2D eigenvalue weighted by molar-refractivity contribution is -0.136. The third kappa shape index (κ3) is 5.22. The molecule has 1 atom stereocenters. The third-order valence-electron chi connectivity index (χ3n) is 6.95. The number of nitrogens with one attached hydrogen (secondary N) is 1. The number of piperidine rings is 1. The summed E-state index contributed by atoms with van der Waals surface area (Å²) in [5.74, 6) is -0.233. The quantitative estimate of drug-likeness (QED) is 0.468. The van der Waals surface area contributed by atoms with Crippen molar-refractivity contribution in [1.29, 1.82) is 0 Å². The van der Waals surface area contributed by atoms with Crippen molar-refractivity contribution in [2.24, 2.45) is 0 Å². The Labute approximate surface area is 209 Å². The molecule has 3 amide bonds. The van der Waals surface area contributed by atoms with Gasteiger partial charge in [0.25, 0.3) is 5.91 Å². The van der Waals surface area contributed by atoms with Crippen LogP contribution < -0.4 is 10.1 Å². The van der Waals surface area contributed by atoms with Gasteiger partial charge in [-0.05, 0) is 35.9 Å². The Hall–Kier alpha value is -2.88. The van der Waals surface area contributed by atoms with E-state index in [-0.39, 0.29) is 18.2 Å². The van der Waals surface area contributed by atoms with Crippen LogP contribution >= 0.6 is 11.9 Å². The summed E-state index contributed by atoms with van der Waals surface area (Å²) in [4.78, 5) is 40.8. The van der Waals surface area contributed by atoms with Crippen molar-refractivity contribution in [2.75, 3.05) is 32.4 Å². The second-order valence-electron chi connectivity index (χ2n) is 9.18. The highest BCUT2D eigenvalue weighted by atomic mass is 32.2. The molecular weight excluding hydrogens is 464 g/mol. The van der Waals surface area contributed by atoms with Gasteiger partial charge < -0.3 is 9.64 Å². The number of hydrogen-bond acceptors (Lipinski definition) is 7. The van der Waals surface area contributed by atoms with Crippen LogP contribution in [0.15, 0.2) is 42.5 Å². The van der Waals surface area contributed by atoms with Gasteiger partial charge in [0, 0.05) is 50.3 Å². The zero-order valence-corrected chi connectivity index (χ0v) is 20.7. The van der Waals surface area contributed by atoms with Crippen LogP contribution in [-0.2, 0) is 29.3 Å². The number of rotatable bonds is 7. The number of carbonyl (C=O) groups is 3. The molecule has 0 radical (unpaired) electrons. The molecule has 3 heterocycles. The Balaban J connectivity index is 1.19. The van der Waals surface area contributed by atoms with Gasteiger partial charge >= 0.3 is 0 Å². The maximum absolute atomic E-state index is 13.0. The van der Waals surface area contributed by atoms with Crippen molar-refractivity contribution in [2.45, 2.75) is 38.6 Å². The van der Waals surface area contributed by atoms with E-state index in [2.05, 4.69) is 45.0 Å². The maximum Gasteiger partial charge on any atom is 0.255 e. The number of amides is 3. The minimum absolute atomic E-state index is 0.192. The Bertz CT molecular complexity index is 1110. The van der Waals surface area contributed by atoms with Crippen LogP contribution in [0.1, 0.15) is 39.9 Å². The standard InChI is InChI=1S/C26H30N4O4S/c1-35-29-13-11-28(12-14-29)15-18-5-7-19(8-6-18)17-34-23-4-2-3-20-21(23)16-30(26(20)33)22-9-10-24(31)27-25(22)32/h2-8,22H,9-17H2,1H3,(H,27,31,32)/t22-/m0/s1. The van der Waals surface area contributed by atoms with Crippen molar-refractivity contribution in [3.8, 4) is 5.75 Å². The number of nitrogens with zero attached hydrogens (tertiary/aromatic N) is 3. The average Bonchev–Trinajstić information content (AvgIpc) is 3.21. The van der Waals surface area contributed by atoms with Crippen LogP contribution in [-0.4, -0.2) is 70.3 Å². The topological polar surface area (TPSA) is 82.2 Å². The first-order chi connectivity index (χ1) is 17.0. The average molecular weight is 495 g/mol. The molecule has 2 aromatic carbocycles. The lowest BCUT2D eigenvalue weighted by Gasteiger charge is -2.33. The van der Waals surface area contributed by atoms with Crippen molar-refractivity contribution < 1.29 is 19.1 Å². The molecule has 1 N–H and O–H groups in total. The fourth-order valence-corrected chi connectivity index (χ4v) is 5.45. The number of piperazine rings is 1. The zero-order valence-electron chi connectivity index (χ0n) is 19.9. The third-order valence-corrected chi connectivity index (χ3v) is 7.83. The molecule has 0 aliphatic carbocycles. The van der Waals surface area contributed by atoms with Crippen LogP contribution in [0.4, 0.5) is 0 Å². The molecule has 5 rings (SSSR count). The van der Waals surface area contributed by atoms with E-state index >= 15 is 0 Å². The number of carbonyl (C=O) groups excluding carboxylic acids is 3. The highest BCUT2D eigenvalue weighted by Crippen LogP contribution is 2.34. The SMILES string of the molecule is CSN1CCN(Cc2ccc(COc3cccc4c3CN([C@H]3CCC(=O)NC3=O)C4=O)cc2)CC1. The summed E-state index contributed by atoms with van der Waals surface area (Å²) in [7, 11) is 0. The minimum Gasteiger partial charge on any atom is -0.489 e. The Morgan fingerprint density at radius 3 is 2.46 bits per heavy atom. The smallest absolute Gasteiger partial charge is 0.255 e. The van der Waals surface area contributed by atoms with Gasteiger partial charge in [0.15, 0.2) is 0 Å². The largest absolute Gasteiger partial charge is 0.489 e. The summed E-state index contributed by atoms with van der Waals surface area (Å²) in [5.41, 5.74) is 3.70. The zero-order chi connectivity index (χ0) is 24.4. The van der Waals surface area contributed by atoms with Crippen LogP contribution in [0.25, 0.3) is 0 Å². The summed E-state index contributed by atoms with van der Waals surface area (Å²) in [6.07, 6.45) is 2.72. The highest BCUT2D eigenvalue weighted by molar-refractivity contribution is 7.96. The van der Waals surface area contributed by atoms with Crippen LogP contribution in [0, 0.1) is 0 Å². The summed E-state index contributed by atoms with van der Waals surface area (Å²) in [6, 6.07) is 13.3. The molecule has 0 aromatic heterocycles. The number of hydrogen-bond donors (Lipinski definition) is 1. The molecule has 0 bridgehead atoms. The molecule has 3 aliphatic heterocycles. The van der Waals surface area contributed by atoms with Gasteiger partial charge in [-0.2, -0.15) is 0 Å². The normalized spacial score (nSPS) is 21.2.